The van der Waals surface area contributed by atoms with Crippen LogP contribution < -0.4 is 5.32 Å². The number of benzene rings is 1. The molecular formula is C23H29F4N5O3S. The van der Waals surface area contributed by atoms with E-state index in [2.05, 4.69) is 10.3 Å². The van der Waals surface area contributed by atoms with Crippen molar-refractivity contribution in [2.45, 2.75) is 55.1 Å². The number of sulfonamides is 1. The van der Waals surface area contributed by atoms with Crippen LogP contribution in [0.2, 0.25) is 0 Å². The van der Waals surface area contributed by atoms with Crippen molar-refractivity contribution in [2.75, 3.05) is 26.2 Å². The van der Waals surface area contributed by atoms with Crippen LogP contribution in [0.25, 0.3) is 0 Å². The Bertz CT molecular complexity index is 1200. The molecule has 1 aromatic carbocycles. The Hall–Kier alpha value is -2.51. The molecule has 1 saturated heterocycles. The summed E-state index contributed by atoms with van der Waals surface area (Å²) in [6, 6.07) is 2.36. The number of nitrogens with one attached hydrogen (secondary N) is 1. The zero-order valence-corrected chi connectivity index (χ0v) is 20.9. The Balaban J connectivity index is 1.54. The van der Waals surface area contributed by atoms with Crippen LogP contribution in [0.15, 0.2) is 35.7 Å². The van der Waals surface area contributed by atoms with E-state index in [0.717, 1.165) is 18.2 Å². The van der Waals surface area contributed by atoms with Gasteiger partial charge in [-0.05, 0) is 31.9 Å². The zero-order chi connectivity index (χ0) is 26.3. The highest BCUT2D eigenvalue weighted by Crippen LogP contribution is 2.44. The number of halogens is 4. The Morgan fingerprint density at radius 2 is 1.64 bits per heavy atom. The van der Waals surface area contributed by atoms with Gasteiger partial charge in [0.2, 0.25) is 5.92 Å². The summed E-state index contributed by atoms with van der Waals surface area (Å²) in [4.78, 5) is 18.6. The molecule has 2 heterocycles. The van der Waals surface area contributed by atoms with E-state index in [4.69, 9.17) is 0 Å². The first kappa shape index (κ1) is 26.6. The first-order valence-corrected chi connectivity index (χ1v) is 13.2. The monoisotopic (exact) mass is 531 g/mol. The molecule has 0 spiro atoms. The highest BCUT2D eigenvalue weighted by molar-refractivity contribution is 7.89. The second kappa shape index (κ2) is 9.75. The van der Waals surface area contributed by atoms with Gasteiger partial charge in [-0.15, -0.1) is 0 Å². The number of aryl methyl sites for hydroxylation is 1. The van der Waals surface area contributed by atoms with E-state index < -0.39 is 63.5 Å². The summed E-state index contributed by atoms with van der Waals surface area (Å²) < 4.78 is 85.3. The van der Waals surface area contributed by atoms with Crippen LogP contribution in [0.1, 0.15) is 43.0 Å². The first-order chi connectivity index (χ1) is 16.9. The fourth-order valence-electron chi connectivity index (χ4n) is 5.22. The Morgan fingerprint density at radius 3 is 2.17 bits per heavy atom. The van der Waals surface area contributed by atoms with Gasteiger partial charge in [-0.25, -0.2) is 31.0 Å². The van der Waals surface area contributed by atoms with Crippen molar-refractivity contribution in [1.82, 2.24) is 24.1 Å². The molecule has 2 fully saturated rings. The van der Waals surface area contributed by atoms with Gasteiger partial charge >= 0.3 is 0 Å². The first-order valence-electron chi connectivity index (χ1n) is 11.7. The van der Waals surface area contributed by atoms with Crippen LogP contribution in [0, 0.1) is 11.6 Å². The predicted molar refractivity (Wildman–Crippen MR) is 123 cm³/mol. The minimum absolute atomic E-state index is 0.0359. The largest absolute Gasteiger partial charge is 0.348 e. The normalized spacial score (nSPS) is 21.7. The lowest BCUT2D eigenvalue weighted by Gasteiger charge is -2.53. The summed E-state index contributed by atoms with van der Waals surface area (Å²) in [6.07, 6.45) is 2.05. The average Bonchev–Trinajstić information content (AvgIpc) is 3.26. The lowest BCUT2D eigenvalue weighted by atomic mass is 9.73. The van der Waals surface area contributed by atoms with E-state index in [1.807, 2.05) is 4.90 Å². The predicted octanol–water partition coefficient (Wildman–Crippen LogP) is 2.77. The van der Waals surface area contributed by atoms with Gasteiger partial charge in [-0.2, -0.15) is 4.31 Å². The number of rotatable bonds is 6. The number of carbonyl (C=O) groups is 1. The topological polar surface area (TPSA) is 87.5 Å². The molecule has 13 heteroatoms. The number of hydrogen-bond donors (Lipinski definition) is 1. The molecule has 198 valence electrons. The van der Waals surface area contributed by atoms with Crippen LogP contribution >= 0.6 is 0 Å². The third-order valence-corrected chi connectivity index (χ3v) is 9.13. The number of nitrogens with zero attached hydrogens (tertiary/aromatic N) is 4. The number of amides is 1. The Labute approximate surface area is 207 Å². The summed E-state index contributed by atoms with van der Waals surface area (Å²) >= 11 is 0. The standard InChI is InChI=1S/C23H29F4N5O3S/c1-16(29-21(33)20-17(24)4-3-5-18(20)25)22(6-8-23(26,27)9-7-22)31-10-12-32(13-11-31)36(34,35)19-14-30(2)15-28-19/h3-5,14-16H,6-13H2,1-2H3,(H,29,33). The maximum absolute atomic E-state index is 14.2. The molecule has 0 bridgehead atoms. The van der Waals surface area contributed by atoms with Gasteiger partial charge in [0, 0.05) is 63.8 Å². The van der Waals surface area contributed by atoms with Gasteiger partial charge in [0.1, 0.15) is 17.2 Å². The number of imidazole rings is 1. The van der Waals surface area contributed by atoms with Crippen molar-refractivity contribution in [3.05, 3.63) is 47.9 Å². The second-order valence-electron chi connectivity index (χ2n) is 9.52. The van der Waals surface area contributed by atoms with E-state index >= 15 is 0 Å². The van der Waals surface area contributed by atoms with Crippen LogP contribution in [-0.2, 0) is 17.1 Å². The summed E-state index contributed by atoms with van der Waals surface area (Å²) in [5.74, 6) is -5.85. The van der Waals surface area contributed by atoms with Crippen molar-refractivity contribution in [3.63, 3.8) is 0 Å². The molecule has 4 rings (SSSR count). The minimum atomic E-state index is -3.82. The van der Waals surface area contributed by atoms with Gasteiger partial charge in [0.15, 0.2) is 5.03 Å². The summed E-state index contributed by atoms with van der Waals surface area (Å²) in [5, 5.41) is 2.56. The van der Waals surface area contributed by atoms with E-state index in [0.29, 0.717) is 0 Å². The van der Waals surface area contributed by atoms with Crippen molar-refractivity contribution < 1.29 is 30.8 Å². The molecule has 1 aliphatic carbocycles. The van der Waals surface area contributed by atoms with Gasteiger partial charge in [-0.3, -0.25) is 9.69 Å². The maximum Gasteiger partial charge on any atom is 0.262 e. The molecule has 1 N–H and O–H groups in total. The van der Waals surface area contributed by atoms with Crippen LogP contribution in [0.4, 0.5) is 17.6 Å². The quantitative estimate of drug-likeness (QED) is 0.580. The summed E-state index contributed by atoms with van der Waals surface area (Å²) in [7, 11) is -2.15. The van der Waals surface area contributed by atoms with Gasteiger partial charge in [0.05, 0.1) is 6.33 Å². The number of hydrogen-bond acceptors (Lipinski definition) is 5. The lowest BCUT2D eigenvalue weighted by Crippen LogP contribution is -2.67. The number of carbonyl (C=O) groups excluding carboxylic acids is 1. The van der Waals surface area contributed by atoms with Crippen molar-refractivity contribution in [1.29, 1.82) is 0 Å². The molecule has 1 unspecified atom stereocenters. The average molecular weight is 532 g/mol. The van der Waals surface area contributed by atoms with Gasteiger partial charge in [-0.1, -0.05) is 6.07 Å². The molecule has 0 radical (unpaired) electrons. The van der Waals surface area contributed by atoms with Gasteiger partial charge < -0.3 is 9.88 Å². The van der Waals surface area contributed by atoms with Gasteiger partial charge in [0.25, 0.3) is 15.9 Å². The highest BCUT2D eigenvalue weighted by Gasteiger charge is 2.51. The van der Waals surface area contributed by atoms with Crippen LogP contribution in [0.5, 0.6) is 0 Å². The van der Waals surface area contributed by atoms with Crippen molar-refractivity contribution in [2.24, 2.45) is 7.05 Å². The maximum atomic E-state index is 14.2. The smallest absolute Gasteiger partial charge is 0.262 e. The molecule has 2 aromatic rings. The molecule has 8 nitrogen and oxygen atoms in total. The van der Waals surface area contributed by atoms with Crippen molar-refractivity contribution >= 4 is 15.9 Å². The molecule has 36 heavy (non-hydrogen) atoms. The number of alkyl halides is 2. The SMILES string of the molecule is CC(NC(=O)c1c(F)cccc1F)C1(N2CCN(S(=O)(=O)c3cn(C)cn3)CC2)CCC(F)(F)CC1. The molecule has 1 aromatic heterocycles. The van der Waals surface area contributed by atoms with Crippen LogP contribution in [0.3, 0.4) is 0 Å². The molecule has 1 amide bonds. The van der Waals surface area contributed by atoms with E-state index in [1.54, 1.807) is 14.0 Å². The van der Waals surface area contributed by atoms with E-state index in [1.165, 1.54) is 21.4 Å². The minimum Gasteiger partial charge on any atom is -0.348 e. The Kier molecular flexibility index (Phi) is 7.19. The second-order valence-corrected chi connectivity index (χ2v) is 11.4. The van der Waals surface area contributed by atoms with E-state index in [9.17, 15) is 30.8 Å². The lowest BCUT2D eigenvalue weighted by molar-refractivity contribution is -0.0948. The number of piperazine rings is 1. The molecule has 1 aliphatic heterocycles. The zero-order valence-electron chi connectivity index (χ0n) is 20.1. The molecular weight excluding hydrogens is 502 g/mol. The van der Waals surface area contributed by atoms with Crippen molar-refractivity contribution in [3.8, 4) is 0 Å². The molecule has 1 saturated carbocycles. The third kappa shape index (κ3) is 5.00. The fraction of sp³-hybridized carbons (Fsp3) is 0.565. The fourth-order valence-corrected chi connectivity index (χ4v) is 6.61. The molecule has 2 aliphatic rings. The van der Waals surface area contributed by atoms with E-state index in [-0.39, 0.29) is 44.0 Å². The molecule has 1 atom stereocenters. The summed E-state index contributed by atoms with van der Waals surface area (Å²) in [5.41, 5.74) is -1.66. The van der Waals surface area contributed by atoms with Crippen LogP contribution in [-0.4, -0.2) is 76.8 Å². The number of aromatic nitrogens is 2. The Morgan fingerprint density at radius 1 is 1.06 bits per heavy atom. The third-order valence-electron chi connectivity index (χ3n) is 7.34. The highest BCUT2D eigenvalue weighted by atomic mass is 32.2. The summed E-state index contributed by atoms with van der Waals surface area (Å²) in [6.45, 7) is 2.34.